The van der Waals surface area contributed by atoms with E-state index in [1.165, 1.54) is 0 Å². The quantitative estimate of drug-likeness (QED) is 0.0777. The molecule has 8 rings (SSSR count). The van der Waals surface area contributed by atoms with Gasteiger partial charge in [0.15, 0.2) is 25.0 Å². The second-order valence-corrected chi connectivity index (χ2v) is 33.7. The number of rotatable bonds is 13. The molecule has 0 aliphatic carbocycles. The average Bonchev–Trinajstić information content (AvgIpc) is 4.13. The predicted octanol–water partition coefficient (Wildman–Crippen LogP) is 10.6. The normalized spacial score (nSPS) is 34.7. The van der Waals surface area contributed by atoms with Crippen LogP contribution in [-0.4, -0.2) is 150 Å². The molecule has 8 saturated heterocycles. The second kappa shape index (κ2) is 32.9. The van der Waals surface area contributed by atoms with Gasteiger partial charge in [-0.3, -0.25) is 0 Å². The van der Waals surface area contributed by atoms with Crippen LogP contribution in [0.4, 0.5) is 0 Å². The van der Waals surface area contributed by atoms with Gasteiger partial charge >= 0.3 is 0 Å². The first-order valence-corrected chi connectivity index (χ1v) is 31.0. The number of fused-ring (bicyclic) bond motifs is 8. The molecule has 8 aliphatic heterocycles. The van der Waals surface area contributed by atoms with Gasteiger partial charge in [0.2, 0.25) is 6.54 Å². The van der Waals surface area contributed by atoms with Crippen LogP contribution in [0.1, 0.15) is 120 Å². The van der Waals surface area contributed by atoms with Crippen LogP contribution in [-0.2, 0) is 55.8 Å². The summed E-state index contributed by atoms with van der Waals surface area (Å²) in [5.74, 6) is 1.01. The molecule has 426 valence electrons. The Balaban J connectivity index is -0.000000424. The zero-order chi connectivity index (χ0) is 48.8. The molecule has 0 saturated carbocycles. The monoisotopic (exact) mass is 1990 g/mol. The summed E-state index contributed by atoms with van der Waals surface area (Å²) >= 11 is 0. The van der Waals surface area contributed by atoms with Crippen molar-refractivity contribution in [1.29, 1.82) is 0 Å². The standard InChI is InChI=1S/C14H27O3Si.C13H25O4Si.C12H19NO4P.C8H13O3.4CH4.4U/c1-10(2)14-9-15-11(8-16-14)12(14)17-18(6,7)13(3,4)5;1-9(14)13-8-15-10(7-16-13)11(13)17-18(5,6)12(2,3)4;1-9(2)12-8-14-10(7-15-12)11(12)17-18(4)16-6-5-13-3;1-5(2)8-4-10-6(3-11-8)7(8)9;;;;;;;;/h8,10-12H,9H2,1-7H3;7,9-11,14H,8H2,1-6H3;7,9-11H,5-6,8H2,1-2,4H3;3,5-7,9H,4H2,1-2H3;4*1H4;;;;/q4*-1;;;;;;;;/t11-,12+,14+;9?,10-,11+,13+;10-,11-,12+,18?;6-,7-,8+;;;;;;;;/m0000......../s1. The summed E-state index contributed by atoms with van der Waals surface area (Å²) in [6.07, 6.45) is -1.70. The largest absolute Gasteiger partial charge is 0.541 e. The number of nitrogens with zero attached hydrogens (tertiary/aromatic N) is 1. The minimum absolute atomic E-state index is 0. The van der Waals surface area contributed by atoms with Gasteiger partial charge in [0, 0.05) is 131 Å². The Bertz CT molecular complexity index is 1530. The summed E-state index contributed by atoms with van der Waals surface area (Å²) in [7, 11) is -4.68. The van der Waals surface area contributed by atoms with Crippen molar-refractivity contribution in [2.45, 2.75) is 233 Å². The van der Waals surface area contributed by atoms with Gasteiger partial charge in [-0.1, -0.05) is 113 Å². The predicted molar refractivity (Wildman–Crippen MR) is 280 cm³/mol. The fourth-order valence-electron chi connectivity index (χ4n) is 8.57. The maximum absolute atomic E-state index is 10.0. The Morgan fingerprint density at radius 3 is 1.18 bits per heavy atom. The molecule has 0 aromatic carbocycles. The molecule has 0 aromatic heterocycles. The number of hydrogen-bond acceptors (Lipinski definition) is 14. The first-order chi connectivity index (χ1) is 30.0. The Hall–Kier alpha value is 4.00. The minimum Gasteiger partial charge on any atom is -0.541 e. The SMILES string of the molecule is C.C.C.C.CC(C)[C@@]12CO[C@@H]([CH-]O1)[C@@H]2O.CC(C)[C@@]12CO[C@@H]([CH-]O1)[C@H]2O[Si](C)(C)C(C)(C)C.CC(O)[C@@]12CO[C@@H]([CH-]O1)[C@H]2O[Si](C)(C)C(C)(C)C.[C-]#[N+]CCOP(C)O[C@H]1[C@@H]2[CH-]O[C@@]1(C(C)C)CO2.[U].[U].[U].[U]. The van der Waals surface area contributed by atoms with E-state index in [2.05, 4.69) is 100 Å². The van der Waals surface area contributed by atoms with Crippen LogP contribution < -0.4 is 0 Å². The van der Waals surface area contributed by atoms with Crippen LogP contribution >= 0.6 is 8.38 Å². The fraction of sp³-hybridized carbons (Fsp3) is 0.902. The van der Waals surface area contributed by atoms with Gasteiger partial charge in [0.1, 0.15) is 12.2 Å². The molecule has 8 fully saturated rings. The third kappa shape index (κ3) is 17.8. The Morgan fingerprint density at radius 2 is 0.904 bits per heavy atom. The second-order valence-electron chi connectivity index (χ2n) is 22.8. The van der Waals surface area contributed by atoms with Crippen molar-refractivity contribution in [3.63, 3.8) is 0 Å². The molecule has 15 nitrogen and oxygen atoms in total. The smallest absolute Gasteiger partial charge is 0.238 e. The molecule has 2 unspecified atom stereocenters. The Morgan fingerprint density at radius 1 is 0.589 bits per heavy atom. The van der Waals surface area contributed by atoms with E-state index in [4.69, 9.17) is 62.4 Å². The third-order valence-corrected chi connectivity index (χ3v) is 25.7. The molecule has 8 aliphatic rings. The van der Waals surface area contributed by atoms with E-state index in [9.17, 15) is 10.2 Å². The zero-order valence-corrected chi connectivity index (χ0v) is 64.2. The van der Waals surface area contributed by atoms with Crippen molar-refractivity contribution >= 4 is 25.0 Å². The number of aliphatic hydroxyl groups is 2. The van der Waals surface area contributed by atoms with Crippen LogP contribution in [0.15, 0.2) is 0 Å². The van der Waals surface area contributed by atoms with Crippen molar-refractivity contribution in [3.8, 4) is 0 Å². The van der Waals surface area contributed by atoms with Crippen LogP contribution in [0.25, 0.3) is 4.85 Å². The van der Waals surface area contributed by atoms with Gasteiger partial charge in [-0.2, -0.15) is 26.4 Å². The first kappa shape index (κ1) is 83.5. The molecule has 8 heterocycles. The third-order valence-electron chi connectivity index (χ3n) is 15.7. The van der Waals surface area contributed by atoms with Crippen LogP contribution in [0.3, 0.4) is 0 Å². The molecule has 8 bridgehead atoms. The van der Waals surface area contributed by atoms with Crippen molar-refractivity contribution in [2.75, 3.05) is 46.2 Å². The van der Waals surface area contributed by atoms with Crippen molar-refractivity contribution in [2.24, 2.45) is 17.8 Å². The van der Waals surface area contributed by atoms with Gasteiger partial charge in [0.05, 0.1) is 73.8 Å². The summed E-state index contributed by atoms with van der Waals surface area (Å²) < 4.78 is 69.6. The minimum atomic E-state index is -1.90. The summed E-state index contributed by atoms with van der Waals surface area (Å²) in [6, 6.07) is 0. The van der Waals surface area contributed by atoms with E-state index in [0.717, 1.165) is 0 Å². The van der Waals surface area contributed by atoms with E-state index in [1.54, 1.807) is 26.7 Å². The maximum Gasteiger partial charge on any atom is 0.238 e. The molecule has 22 heteroatoms. The average molecular weight is 1990 g/mol. The van der Waals surface area contributed by atoms with Crippen molar-refractivity contribution < 1.29 is 190 Å². The van der Waals surface area contributed by atoms with E-state index in [-0.39, 0.29) is 218 Å². The molecule has 73 heavy (non-hydrogen) atoms. The number of hydrogen-bond donors (Lipinski definition) is 2. The van der Waals surface area contributed by atoms with Crippen LogP contribution in [0, 0.1) is 175 Å². The topological polar surface area (TPSA) is 156 Å². The molecular formula is C51H100NO14PSi2U4-4. The van der Waals surface area contributed by atoms with Crippen molar-refractivity contribution in [3.05, 3.63) is 37.8 Å². The first-order valence-electron chi connectivity index (χ1n) is 23.6. The van der Waals surface area contributed by atoms with Gasteiger partial charge in [-0.15, -0.1) is 0 Å². The molecular weight excluding hydrogens is 1890 g/mol. The van der Waals surface area contributed by atoms with E-state index in [0.29, 0.717) is 57.3 Å². The molecule has 2 N–H and O–H groups in total. The molecule has 0 aromatic rings. The summed E-state index contributed by atoms with van der Waals surface area (Å²) in [6.45, 7) is 55.2. The Labute approximate surface area is 544 Å². The Kier molecular flexibility index (Phi) is 37.6. The van der Waals surface area contributed by atoms with Gasteiger partial charge in [0.25, 0.3) is 0 Å². The molecule has 0 radical (unpaired) electrons. The van der Waals surface area contributed by atoms with Crippen LogP contribution in [0.2, 0.25) is 36.3 Å². The number of aliphatic hydroxyl groups excluding tert-OH is 2. The van der Waals surface area contributed by atoms with Crippen LogP contribution in [0.5, 0.6) is 0 Å². The van der Waals surface area contributed by atoms with Gasteiger partial charge in [-0.05, 0) is 85.4 Å². The zero-order valence-electron chi connectivity index (χ0n) is 44.7. The van der Waals surface area contributed by atoms with E-state index < -0.39 is 48.4 Å². The number of ether oxygens (including phenoxy) is 8. The maximum atomic E-state index is 10.0. The molecule has 14 atom stereocenters. The molecule has 0 amide bonds. The summed E-state index contributed by atoms with van der Waals surface area (Å²) in [5.41, 5.74) is -1.80. The van der Waals surface area contributed by atoms with Crippen molar-refractivity contribution in [1.82, 2.24) is 0 Å². The fourth-order valence-corrected chi connectivity index (χ4v) is 12.2. The molecule has 0 spiro atoms. The van der Waals surface area contributed by atoms with E-state index >= 15 is 0 Å². The summed E-state index contributed by atoms with van der Waals surface area (Å²) in [5, 5.41) is 20.0. The van der Waals surface area contributed by atoms with Gasteiger partial charge in [-0.25, -0.2) is 6.57 Å². The van der Waals surface area contributed by atoms with E-state index in [1.807, 2.05) is 27.1 Å². The van der Waals surface area contributed by atoms with Gasteiger partial charge < -0.3 is 70.9 Å². The summed E-state index contributed by atoms with van der Waals surface area (Å²) in [4.78, 5) is 3.25.